The van der Waals surface area contributed by atoms with Crippen molar-refractivity contribution in [2.45, 2.75) is 74.2 Å². The van der Waals surface area contributed by atoms with Crippen LogP contribution >= 0.6 is 11.8 Å². The molecule has 1 aromatic rings. The molecule has 1 aromatic carbocycles. The van der Waals surface area contributed by atoms with Crippen molar-refractivity contribution in [3.63, 3.8) is 0 Å². The number of ether oxygens (including phenoxy) is 1. The van der Waals surface area contributed by atoms with E-state index in [1.54, 1.807) is 0 Å². The molecule has 1 saturated heterocycles. The summed E-state index contributed by atoms with van der Waals surface area (Å²) in [4.78, 5) is 1.41. The highest BCUT2D eigenvalue weighted by Gasteiger charge is 2.44. The van der Waals surface area contributed by atoms with E-state index in [0.29, 0.717) is 17.5 Å². The molecule has 0 radical (unpaired) electrons. The molecule has 2 heteroatoms. The molecule has 1 saturated carbocycles. The monoisotopic (exact) mass is 290 g/mol. The van der Waals surface area contributed by atoms with E-state index in [9.17, 15) is 0 Å². The summed E-state index contributed by atoms with van der Waals surface area (Å²) in [6, 6.07) is 10.9. The van der Waals surface area contributed by atoms with Gasteiger partial charge >= 0.3 is 0 Å². The molecule has 4 atom stereocenters. The second-order valence-corrected chi connectivity index (χ2v) is 7.45. The van der Waals surface area contributed by atoms with E-state index >= 15 is 0 Å². The maximum absolute atomic E-state index is 6.43. The van der Waals surface area contributed by atoms with E-state index in [1.807, 2.05) is 0 Å². The van der Waals surface area contributed by atoms with E-state index in [-0.39, 0.29) is 0 Å². The third-order valence-electron chi connectivity index (χ3n) is 4.75. The summed E-state index contributed by atoms with van der Waals surface area (Å²) in [5, 5.41) is 0.675. The van der Waals surface area contributed by atoms with Crippen LogP contribution in [0.5, 0.6) is 0 Å². The van der Waals surface area contributed by atoms with Crippen molar-refractivity contribution in [3.05, 3.63) is 30.3 Å². The molecule has 2 fully saturated rings. The van der Waals surface area contributed by atoms with Gasteiger partial charge in [-0.25, -0.2) is 0 Å². The molecule has 0 aromatic heterocycles. The van der Waals surface area contributed by atoms with Gasteiger partial charge in [-0.05, 0) is 37.3 Å². The van der Waals surface area contributed by atoms with E-state index in [0.717, 1.165) is 5.92 Å². The van der Waals surface area contributed by atoms with Crippen LogP contribution in [-0.4, -0.2) is 17.5 Å². The molecule has 1 heterocycles. The highest BCUT2D eigenvalue weighted by Crippen LogP contribution is 2.46. The third-order valence-corrected chi connectivity index (χ3v) is 6.22. The molecule has 0 amide bonds. The Morgan fingerprint density at radius 2 is 1.95 bits per heavy atom. The Balaban J connectivity index is 1.72. The van der Waals surface area contributed by atoms with Gasteiger partial charge in [-0.3, -0.25) is 0 Å². The van der Waals surface area contributed by atoms with Gasteiger partial charge in [0.2, 0.25) is 0 Å². The smallest absolute Gasteiger partial charge is 0.0704 e. The van der Waals surface area contributed by atoms with Crippen LogP contribution < -0.4 is 0 Å². The summed E-state index contributed by atoms with van der Waals surface area (Å²) in [5.41, 5.74) is 0. The first-order valence-electron chi connectivity index (χ1n) is 8.25. The van der Waals surface area contributed by atoms with E-state index in [4.69, 9.17) is 4.74 Å². The van der Waals surface area contributed by atoms with Gasteiger partial charge < -0.3 is 4.74 Å². The first-order chi connectivity index (χ1) is 9.88. The first-order valence-corrected chi connectivity index (χ1v) is 9.13. The molecule has 2 aliphatic rings. The lowest BCUT2D eigenvalue weighted by atomic mass is 9.84. The van der Waals surface area contributed by atoms with Crippen molar-refractivity contribution in [3.8, 4) is 0 Å². The zero-order valence-electron chi connectivity index (χ0n) is 12.5. The molecule has 0 bridgehead atoms. The fourth-order valence-electron chi connectivity index (χ4n) is 3.71. The number of hydrogen-bond acceptors (Lipinski definition) is 2. The zero-order chi connectivity index (χ0) is 13.8. The minimum absolute atomic E-state index is 0.480. The van der Waals surface area contributed by atoms with Crippen LogP contribution in [0.25, 0.3) is 0 Å². The molecule has 1 aliphatic carbocycles. The molecule has 0 N–H and O–H groups in total. The zero-order valence-corrected chi connectivity index (χ0v) is 13.3. The molecule has 0 unspecified atom stereocenters. The van der Waals surface area contributed by atoms with Crippen molar-refractivity contribution < 1.29 is 4.74 Å². The lowest BCUT2D eigenvalue weighted by Crippen LogP contribution is -2.27. The van der Waals surface area contributed by atoms with Crippen LogP contribution in [0.15, 0.2) is 35.2 Å². The van der Waals surface area contributed by atoms with Crippen LogP contribution in [0, 0.1) is 5.92 Å². The van der Waals surface area contributed by atoms with E-state index in [1.165, 1.54) is 49.8 Å². The number of thioether (sulfide) groups is 1. The summed E-state index contributed by atoms with van der Waals surface area (Å²) in [6.45, 7) is 2.28. The quantitative estimate of drug-likeness (QED) is 0.728. The molecular weight excluding hydrogens is 264 g/mol. The Hall–Kier alpha value is -0.470. The normalized spacial score (nSPS) is 33.0. The van der Waals surface area contributed by atoms with Crippen molar-refractivity contribution in [2.24, 2.45) is 5.92 Å². The Bertz CT molecular complexity index is 405. The lowest BCUT2D eigenvalue weighted by Gasteiger charge is -2.27. The highest BCUT2D eigenvalue weighted by atomic mass is 32.2. The summed E-state index contributed by atoms with van der Waals surface area (Å²) in [6.07, 6.45) is 10.3. The number of benzene rings is 1. The van der Waals surface area contributed by atoms with Gasteiger partial charge in [0, 0.05) is 10.1 Å². The third kappa shape index (κ3) is 3.23. The van der Waals surface area contributed by atoms with Crippen molar-refractivity contribution >= 4 is 11.8 Å². The topological polar surface area (TPSA) is 9.23 Å². The van der Waals surface area contributed by atoms with Crippen molar-refractivity contribution in [1.82, 2.24) is 0 Å². The van der Waals surface area contributed by atoms with Gasteiger partial charge in [0.1, 0.15) is 0 Å². The standard InChI is InChI=1S/C18H26OS/c1-2-3-12-17-18(20-14-9-5-4-6-10-14)15-11-7-8-13-16(15)19-17/h4-6,9-10,15-18H,2-3,7-8,11-13H2,1H3/t15-,16-,17-,18-/m0/s1. The summed E-state index contributed by atoms with van der Waals surface area (Å²) in [5.74, 6) is 0.788. The first kappa shape index (κ1) is 14.5. The van der Waals surface area contributed by atoms with Crippen LogP contribution in [-0.2, 0) is 4.74 Å². The van der Waals surface area contributed by atoms with Crippen molar-refractivity contribution in [1.29, 1.82) is 0 Å². The van der Waals surface area contributed by atoms with E-state index in [2.05, 4.69) is 49.0 Å². The maximum atomic E-state index is 6.43. The van der Waals surface area contributed by atoms with Gasteiger partial charge in [-0.2, -0.15) is 0 Å². The Labute approximate surface area is 127 Å². The van der Waals surface area contributed by atoms with Gasteiger partial charge in [0.15, 0.2) is 0 Å². The van der Waals surface area contributed by atoms with Crippen LogP contribution in [0.2, 0.25) is 0 Å². The molecule has 0 spiro atoms. The molecule has 1 aliphatic heterocycles. The van der Waals surface area contributed by atoms with Crippen LogP contribution in [0.3, 0.4) is 0 Å². The lowest BCUT2D eigenvalue weighted by molar-refractivity contribution is 0.0152. The summed E-state index contributed by atoms with van der Waals surface area (Å²) in [7, 11) is 0. The van der Waals surface area contributed by atoms with Gasteiger partial charge in [0.25, 0.3) is 0 Å². The molecule has 110 valence electrons. The minimum atomic E-state index is 0.480. The van der Waals surface area contributed by atoms with Gasteiger partial charge in [0.05, 0.1) is 12.2 Å². The van der Waals surface area contributed by atoms with Gasteiger partial charge in [-0.15, -0.1) is 11.8 Å². The average Bonchev–Trinajstić information content (AvgIpc) is 2.84. The largest absolute Gasteiger partial charge is 0.373 e. The van der Waals surface area contributed by atoms with E-state index < -0.39 is 0 Å². The minimum Gasteiger partial charge on any atom is -0.373 e. The SMILES string of the molecule is CCCC[C@@H]1O[C@H]2CCCC[C@@H]2[C@@H]1Sc1ccccc1. The van der Waals surface area contributed by atoms with Crippen LogP contribution in [0.4, 0.5) is 0 Å². The second kappa shape index (κ2) is 7.00. The highest BCUT2D eigenvalue weighted by molar-refractivity contribution is 8.00. The Morgan fingerprint density at radius 1 is 1.15 bits per heavy atom. The Kier molecular flexibility index (Phi) is 5.06. The van der Waals surface area contributed by atoms with Gasteiger partial charge in [-0.1, -0.05) is 50.8 Å². The molecule has 20 heavy (non-hydrogen) atoms. The predicted octanol–water partition coefficient (Wildman–Crippen LogP) is 5.30. The number of unbranched alkanes of at least 4 members (excludes halogenated alkanes) is 1. The van der Waals surface area contributed by atoms with Crippen LogP contribution in [0.1, 0.15) is 51.9 Å². The molecular formula is C18H26OS. The maximum Gasteiger partial charge on any atom is 0.0704 e. The van der Waals surface area contributed by atoms with Crippen molar-refractivity contribution in [2.75, 3.05) is 0 Å². The second-order valence-electron chi connectivity index (χ2n) is 6.20. The number of fused-ring (bicyclic) bond motifs is 1. The molecule has 3 rings (SSSR count). The summed E-state index contributed by atoms with van der Waals surface area (Å²) >= 11 is 2.07. The Morgan fingerprint density at radius 3 is 2.75 bits per heavy atom. The average molecular weight is 290 g/mol. The number of hydrogen-bond donors (Lipinski definition) is 0. The summed E-state index contributed by atoms with van der Waals surface area (Å²) < 4.78 is 6.43. The predicted molar refractivity (Wildman–Crippen MR) is 86.2 cm³/mol. The fourth-order valence-corrected chi connectivity index (χ4v) is 5.17. The molecule has 1 nitrogen and oxygen atoms in total. The number of rotatable bonds is 5. The fraction of sp³-hybridized carbons (Fsp3) is 0.667.